The summed E-state index contributed by atoms with van der Waals surface area (Å²) in [6, 6.07) is 6.64. The van der Waals surface area contributed by atoms with E-state index in [2.05, 4.69) is 15.0 Å². The summed E-state index contributed by atoms with van der Waals surface area (Å²) in [7, 11) is 0. The molecule has 4 rings (SSSR count). The van der Waals surface area contributed by atoms with Crippen LogP contribution in [-0.4, -0.2) is 30.1 Å². The quantitative estimate of drug-likeness (QED) is 0.333. The first-order valence-electron chi connectivity index (χ1n) is 11.4. The number of unbranched alkanes of at least 4 members (excludes halogenated alkanes) is 1. The number of nitrogens with one attached hydrogen (secondary N) is 1. The minimum atomic E-state index is -0.529. The summed E-state index contributed by atoms with van der Waals surface area (Å²) >= 11 is 1.56. The van der Waals surface area contributed by atoms with E-state index in [0.29, 0.717) is 48.0 Å². The maximum atomic E-state index is 12.6. The van der Waals surface area contributed by atoms with Crippen molar-refractivity contribution in [2.45, 2.75) is 59.9 Å². The SMILES string of the molecule is CCCCn1c(=O)[nH]c(=O)c2c1nc(COC(=O)c1ccc(OCc3csc(C)n3)cc1)n2CC. The van der Waals surface area contributed by atoms with Crippen LogP contribution in [0, 0.1) is 6.92 Å². The summed E-state index contributed by atoms with van der Waals surface area (Å²) < 4.78 is 14.3. The topological polar surface area (TPSA) is 121 Å². The maximum Gasteiger partial charge on any atom is 0.338 e. The Balaban J connectivity index is 1.47. The van der Waals surface area contributed by atoms with Crippen molar-refractivity contribution in [3.8, 4) is 5.75 Å². The summed E-state index contributed by atoms with van der Waals surface area (Å²) in [5.74, 6) is 0.485. The predicted molar refractivity (Wildman–Crippen MR) is 132 cm³/mol. The average molecular weight is 498 g/mol. The molecule has 10 nitrogen and oxygen atoms in total. The number of esters is 1. The van der Waals surface area contributed by atoms with Crippen LogP contribution < -0.4 is 16.0 Å². The molecule has 0 unspecified atom stereocenters. The molecule has 4 aromatic rings. The van der Waals surface area contributed by atoms with E-state index in [-0.39, 0.29) is 6.61 Å². The molecule has 0 amide bonds. The lowest BCUT2D eigenvalue weighted by Crippen LogP contribution is -2.31. The van der Waals surface area contributed by atoms with Gasteiger partial charge in [0.25, 0.3) is 5.56 Å². The molecule has 11 heteroatoms. The fourth-order valence-electron chi connectivity index (χ4n) is 3.72. The standard InChI is InChI=1S/C24H27N5O5S/c1-4-6-11-29-21-20(22(30)27-24(29)32)28(5-2)19(26-21)13-34-23(31)16-7-9-18(10-8-16)33-12-17-14-35-15(3)25-17/h7-10,14H,4-6,11-13H2,1-3H3,(H,27,30,32). The van der Waals surface area contributed by atoms with Gasteiger partial charge in [0, 0.05) is 18.5 Å². The molecular formula is C24H27N5O5S. The molecule has 1 aromatic carbocycles. The van der Waals surface area contributed by atoms with Crippen molar-refractivity contribution in [1.29, 1.82) is 0 Å². The number of H-pyrrole nitrogens is 1. The Labute approximate surface area is 205 Å². The van der Waals surface area contributed by atoms with Crippen LogP contribution in [-0.2, 0) is 31.0 Å². The molecule has 3 heterocycles. The molecule has 0 aliphatic heterocycles. The Kier molecular flexibility index (Phi) is 7.45. The number of fused-ring (bicyclic) bond motifs is 1. The van der Waals surface area contributed by atoms with Gasteiger partial charge < -0.3 is 14.0 Å². The lowest BCUT2D eigenvalue weighted by atomic mass is 10.2. The van der Waals surface area contributed by atoms with E-state index in [9.17, 15) is 14.4 Å². The largest absolute Gasteiger partial charge is 0.487 e. The van der Waals surface area contributed by atoms with Gasteiger partial charge >= 0.3 is 11.7 Å². The van der Waals surface area contributed by atoms with Crippen molar-refractivity contribution in [3.05, 3.63) is 72.6 Å². The molecule has 184 valence electrons. The van der Waals surface area contributed by atoms with Crippen molar-refractivity contribution >= 4 is 28.5 Å². The van der Waals surface area contributed by atoms with E-state index in [1.165, 1.54) is 4.57 Å². The third kappa shape index (κ3) is 5.35. The van der Waals surface area contributed by atoms with Gasteiger partial charge in [-0.3, -0.25) is 14.3 Å². The monoisotopic (exact) mass is 497 g/mol. The highest BCUT2D eigenvalue weighted by Crippen LogP contribution is 2.17. The number of imidazole rings is 1. The lowest BCUT2D eigenvalue weighted by Gasteiger charge is -2.08. The number of hydrogen-bond donors (Lipinski definition) is 1. The molecule has 0 aliphatic carbocycles. The summed E-state index contributed by atoms with van der Waals surface area (Å²) in [5.41, 5.74) is 0.816. The predicted octanol–water partition coefficient (Wildman–Crippen LogP) is 3.41. The molecule has 0 bridgehead atoms. The molecule has 0 fully saturated rings. The molecule has 1 N–H and O–H groups in total. The van der Waals surface area contributed by atoms with Crippen molar-refractivity contribution in [2.75, 3.05) is 0 Å². The van der Waals surface area contributed by atoms with Crippen molar-refractivity contribution in [3.63, 3.8) is 0 Å². The number of carbonyl (C=O) groups excluding carboxylic acids is 1. The molecule has 0 saturated carbocycles. The van der Waals surface area contributed by atoms with Crippen LogP contribution in [0.2, 0.25) is 0 Å². The number of aromatic nitrogens is 5. The average Bonchev–Trinajstić information content (AvgIpc) is 3.44. The number of carbonyl (C=O) groups is 1. The highest BCUT2D eigenvalue weighted by molar-refractivity contribution is 7.09. The van der Waals surface area contributed by atoms with Gasteiger partial charge in [0.05, 0.1) is 16.3 Å². The number of benzene rings is 1. The third-order valence-electron chi connectivity index (χ3n) is 5.49. The molecule has 0 aliphatic rings. The van der Waals surface area contributed by atoms with Gasteiger partial charge in [-0.05, 0) is 44.5 Å². The smallest absolute Gasteiger partial charge is 0.338 e. The van der Waals surface area contributed by atoms with Crippen LogP contribution in [0.5, 0.6) is 5.75 Å². The van der Waals surface area contributed by atoms with Gasteiger partial charge in [-0.2, -0.15) is 0 Å². The first-order chi connectivity index (χ1) is 16.9. The normalized spacial score (nSPS) is 11.2. The van der Waals surface area contributed by atoms with E-state index in [0.717, 1.165) is 23.5 Å². The fraction of sp³-hybridized carbons (Fsp3) is 0.375. The number of nitrogens with zero attached hydrogens (tertiary/aromatic N) is 4. The van der Waals surface area contributed by atoms with E-state index in [1.54, 1.807) is 40.2 Å². The van der Waals surface area contributed by atoms with E-state index >= 15 is 0 Å². The number of hydrogen-bond acceptors (Lipinski definition) is 8. The van der Waals surface area contributed by atoms with Gasteiger partial charge in [-0.1, -0.05) is 13.3 Å². The second kappa shape index (κ2) is 10.7. The fourth-order valence-corrected chi connectivity index (χ4v) is 4.32. The third-order valence-corrected chi connectivity index (χ3v) is 6.31. The van der Waals surface area contributed by atoms with Gasteiger partial charge in [-0.15, -0.1) is 11.3 Å². The molecule has 0 radical (unpaired) electrons. The van der Waals surface area contributed by atoms with Gasteiger partial charge in [0.15, 0.2) is 11.2 Å². The number of rotatable bonds is 10. The molecule has 0 atom stereocenters. The Morgan fingerprint density at radius 1 is 1.09 bits per heavy atom. The van der Waals surface area contributed by atoms with Crippen LogP contribution in [0.4, 0.5) is 0 Å². The van der Waals surface area contributed by atoms with Crippen molar-refractivity contribution in [1.82, 2.24) is 24.1 Å². The van der Waals surface area contributed by atoms with Gasteiger partial charge in [0.1, 0.15) is 24.8 Å². The van der Waals surface area contributed by atoms with Crippen LogP contribution in [0.1, 0.15) is 53.6 Å². The molecular weight excluding hydrogens is 470 g/mol. The number of aromatic amines is 1. The van der Waals surface area contributed by atoms with Crippen molar-refractivity contribution < 1.29 is 14.3 Å². The van der Waals surface area contributed by atoms with Crippen LogP contribution in [0.25, 0.3) is 11.2 Å². The molecule has 35 heavy (non-hydrogen) atoms. The number of aryl methyl sites for hydroxylation is 3. The Bertz CT molecular complexity index is 1450. The van der Waals surface area contributed by atoms with Crippen molar-refractivity contribution in [2.24, 2.45) is 0 Å². The minimum Gasteiger partial charge on any atom is -0.487 e. The minimum absolute atomic E-state index is 0.135. The maximum absolute atomic E-state index is 12.6. The number of thiazole rings is 1. The zero-order valence-corrected chi connectivity index (χ0v) is 20.7. The summed E-state index contributed by atoms with van der Waals surface area (Å²) in [6.07, 6.45) is 1.66. The van der Waals surface area contributed by atoms with Crippen LogP contribution in [0.3, 0.4) is 0 Å². The zero-order chi connectivity index (χ0) is 24.9. The van der Waals surface area contributed by atoms with Crippen LogP contribution in [0.15, 0.2) is 39.2 Å². The first kappa shape index (κ1) is 24.4. The molecule has 0 saturated heterocycles. The highest BCUT2D eigenvalue weighted by atomic mass is 32.1. The second-order valence-corrected chi connectivity index (χ2v) is 9.02. The Morgan fingerprint density at radius 2 is 1.86 bits per heavy atom. The summed E-state index contributed by atoms with van der Waals surface area (Å²) in [5, 5.41) is 2.92. The highest BCUT2D eigenvalue weighted by Gasteiger charge is 2.19. The summed E-state index contributed by atoms with van der Waals surface area (Å²) in [6.45, 7) is 6.91. The molecule has 0 spiro atoms. The van der Waals surface area contributed by atoms with E-state index in [4.69, 9.17) is 9.47 Å². The second-order valence-electron chi connectivity index (χ2n) is 7.96. The number of ether oxygens (including phenoxy) is 2. The zero-order valence-electron chi connectivity index (χ0n) is 19.9. The summed E-state index contributed by atoms with van der Waals surface area (Å²) in [4.78, 5) is 48.7. The Morgan fingerprint density at radius 3 is 2.51 bits per heavy atom. The molecule has 3 aromatic heterocycles. The first-order valence-corrected chi connectivity index (χ1v) is 12.3. The lowest BCUT2D eigenvalue weighted by molar-refractivity contribution is 0.0458. The van der Waals surface area contributed by atoms with Crippen LogP contribution >= 0.6 is 11.3 Å². The van der Waals surface area contributed by atoms with E-state index in [1.807, 2.05) is 26.2 Å². The Hall–Kier alpha value is -3.73. The van der Waals surface area contributed by atoms with E-state index < -0.39 is 17.2 Å². The van der Waals surface area contributed by atoms with Gasteiger partial charge in [0.2, 0.25) is 0 Å². The van der Waals surface area contributed by atoms with Gasteiger partial charge in [-0.25, -0.2) is 19.6 Å².